The molecule has 0 spiro atoms. The molecule has 1 aliphatic heterocycles. The molecule has 1 aromatic carbocycles. The van der Waals surface area contributed by atoms with Crippen molar-refractivity contribution in [2.75, 3.05) is 10.6 Å². The Labute approximate surface area is 114 Å². The number of hydrogen-bond acceptors (Lipinski definition) is 3. The Bertz CT molecular complexity index is 490. The Kier molecular flexibility index (Phi) is 3.36. The molecule has 0 aromatic heterocycles. The van der Waals surface area contributed by atoms with Crippen molar-refractivity contribution >= 4 is 33.6 Å². The number of carbonyl (C=O) groups is 1. The SMILES string of the molecule is CC1(C)CCC(C=O)N1c1cc(Br)cc(F)c1N. The Balaban J connectivity index is 2.55. The fraction of sp³-hybridized carbons (Fsp3) is 0.462. The largest absolute Gasteiger partial charge is 0.395 e. The molecule has 1 aromatic rings. The van der Waals surface area contributed by atoms with E-state index in [1.807, 2.05) is 18.7 Å². The van der Waals surface area contributed by atoms with Gasteiger partial charge in [0, 0.05) is 10.0 Å². The quantitative estimate of drug-likeness (QED) is 0.674. The number of rotatable bonds is 2. The average Bonchev–Trinajstić information content (AvgIpc) is 2.59. The summed E-state index contributed by atoms with van der Waals surface area (Å²) < 4.78 is 14.3. The minimum atomic E-state index is -0.466. The number of halogens is 2. The minimum absolute atomic E-state index is 0.0972. The van der Waals surface area contributed by atoms with Gasteiger partial charge in [-0.15, -0.1) is 0 Å². The standard InChI is InChI=1S/C13H16BrFN2O/c1-13(2)4-3-9(7-18)17(13)11-6-8(14)5-10(15)12(11)16/h5-7,9H,3-4,16H2,1-2H3. The summed E-state index contributed by atoms with van der Waals surface area (Å²) >= 11 is 3.26. The van der Waals surface area contributed by atoms with E-state index in [2.05, 4.69) is 15.9 Å². The highest BCUT2D eigenvalue weighted by Crippen LogP contribution is 2.41. The first-order valence-corrected chi connectivity index (χ1v) is 6.65. The zero-order valence-electron chi connectivity index (χ0n) is 10.4. The molecule has 1 heterocycles. The predicted octanol–water partition coefficient (Wildman–Crippen LogP) is 3.12. The summed E-state index contributed by atoms with van der Waals surface area (Å²) in [6.07, 6.45) is 2.56. The summed E-state index contributed by atoms with van der Waals surface area (Å²) in [5, 5.41) is 0. The van der Waals surface area contributed by atoms with E-state index in [0.29, 0.717) is 10.2 Å². The number of anilines is 2. The van der Waals surface area contributed by atoms with Gasteiger partial charge in [-0.05, 0) is 38.8 Å². The van der Waals surface area contributed by atoms with Crippen molar-refractivity contribution in [3.8, 4) is 0 Å². The van der Waals surface area contributed by atoms with E-state index in [0.717, 1.165) is 19.1 Å². The number of nitrogens with two attached hydrogens (primary N) is 1. The Morgan fingerprint density at radius 3 is 2.83 bits per heavy atom. The third-order valence-electron chi connectivity index (χ3n) is 3.52. The van der Waals surface area contributed by atoms with Crippen LogP contribution >= 0.6 is 15.9 Å². The minimum Gasteiger partial charge on any atom is -0.395 e. The van der Waals surface area contributed by atoms with Crippen LogP contribution in [-0.2, 0) is 4.79 Å². The Hall–Kier alpha value is -1.10. The maximum atomic E-state index is 13.7. The van der Waals surface area contributed by atoms with E-state index in [1.54, 1.807) is 6.07 Å². The highest BCUT2D eigenvalue weighted by Gasteiger charge is 2.40. The van der Waals surface area contributed by atoms with Crippen molar-refractivity contribution in [3.05, 3.63) is 22.4 Å². The highest BCUT2D eigenvalue weighted by atomic mass is 79.9. The van der Waals surface area contributed by atoms with Crippen molar-refractivity contribution in [3.63, 3.8) is 0 Å². The van der Waals surface area contributed by atoms with Crippen LogP contribution in [0.5, 0.6) is 0 Å². The van der Waals surface area contributed by atoms with Gasteiger partial charge in [-0.25, -0.2) is 4.39 Å². The maximum Gasteiger partial charge on any atom is 0.149 e. The third-order valence-corrected chi connectivity index (χ3v) is 3.98. The molecule has 18 heavy (non-hydrogen) atoms. The topological polar surface area (TPSA) is 46.3 Å². The molecule has 0 bridgehead atoms. The van der Waals surface area contributed by atoms with Crippen LogP contribution in [0.2, 0.25) is 0 Å². The first kappa shape index (κ1) is 13.3. The van der Waals surface area contributed by atoms with E-state index < -0.39 is 5.82 Å². The molecular formula is C13H16BrFN2O. The number of carbonyl (C=O) groups excluding carboxylic acids is 1. The van der Waals surface area contributed by atoms with Gasteiger partial charge in [0.1, 0.15) is 12.1 Å². The van der Waals surface area contributed by atoms with Gasteiger partial charge in [-0.3, -0.25) is 0 Å². The summed E-state index contributed by atoms with van der Waals surface area (Å²) in [6, 6.07) is 2.86. The molecule has 3 nitrogen and oxygen atoms in total. The maximum absolute atomic E-state index is 13.7. The van der Waals surface area contributed by atoms with E-state index in [4.69, 9.17) is 5.73 Å². The van der Waals surface area contributed by atoms with Crippen LogP contribution in [-0.4, -0.2) is 17.9 Å². The van der Waals surface area contributed by atoms with E-state index in [9.17, 15) is 9.18 Å². The molecule has 2 rings (SSSR count). The van der Waals surface area contributed by atoms with Crippen molar-refractivity contribution < 1.29 is 9.18 Å². The summed E-state index contributed by atoms with van der Waals surface area (Å²) in [7, 11) is 0. The highest BCUT2D eigenvalue weighted by molar-refractivity contribution is 9.10. The molecule has 1 atom stereocenters. The van der Waals surface area contributed by atoms with E-state index in [-0.39, 0.29) is 17.3 Å². The molecule has 1 fully saturated rings. The number of aldehydes is 1. The average molecular weight is 315 g/mol. The lowest BCUT2D eigenvalue weighted by Crippen LogP contribution is -2.44. The molecule has 0 saturated carbocycles. The fourth-order valence-corrected chi connectivity index (χ4v) is 3.02. The van der Waals surface area contributed by atoms with Gasteiger partial charge in [0.2, 0.25) is 0 Å². The molecule has 1 aliphatic rings. The van der Waals surface area contributed by atoms with Crippen molar-refractivity contribution in [2.45, 2.75) is 38.3 Å². The molecule has 1 saturated heterocycles. The first-order chi connectivity index (χ1) is 8.36. The number of benzene rings is 1. The molecule has 0 amide bonds. The molecule has 0 radical (unpaired) electrons. The Morgan fingerprint density at radius 2 is 2.22 bits per heavy atom. The van der Waals surface area contributed by atoms with Gasteiger partial charge in [-0.1, -0.05) is 15.9 Å². The normalized spacial score (nSPS) is 22.2. The van der Waals surface area contributed by atoms with Crippen molar-refractivity contribution in [1.82, 2.24) is 0 Å². The van der Waals surface area contributed by atoms with Gasteiger partial charge in [0.25, 0.3) is 0 Å². The molecule has 2 N–H and O–H groups in total. The zero-order valence-corrected chi connectivity index (χ0v) is 12.0. The van der Waals surface area contributed by atoms with Crippen LogP contribution in [0.3, 0.4) is 0 Å². The Morgan fingerprint density at radius 1 is 1.56 bits per heavy atom. The van der Waals surface area contributed by atoms with Crippen molar-refractivity contribution in [1.29, 1.82) is 0 Å². The lowest BCUT2D eigenvalue weighted by Gasteiger charge is -2.37. The van der Waals surface area contributed by atoms with Crippen LogP contribution in [0.4, 0.5) is 15.8 Å². The van der Waals surface area contributed by atoms with Crippen molar-refractivity contribution in [2.24, 2.45) is 0 Å². The van der Waals surface area contributed by atoms with Gasteiger partial charge in [-0.2, -0.15) is 0 Å². The van der Waals surface area contributed by atoms with Crippen LogP contribution in [0.1, 0.15) is 26.7 Å². The molecule has 0 aliphatic carbocycles. The van der Waals surface area contributed by atoms with E-state index in [1.165, 1.54) is 6.07 Å². The summed E-state index contributed by atoms with van der Waals surface area (Å²) in [5.41, 5.74) is 6.30. The molecular weight excluding hydrogens is 299 g/mol. The second-order valence-corrected chi connectivity index (χ2v) is 6.16. The van der Waals surface area contributed by atoms with Gasteiger partial charge >= 0.3 is 0 Å². The summed E-state index contributed by atoms with van der Waals surface area (Å²) in [5.74, 6) is -0.466. The van der Waals surface area contributed by atoms with Crippen LogP contribution < -0.4 is 10.6 Å². The predicted molar refractivity (Wildman–Crippen MR) is 74.2 cm³/mol. The summed E-state index contributed by atoms with van der Waals surface area (Å²) in [4.78, 5) is 13.1. The number of nitrogen functional groups attached to an aromatic ring is 1. The fourth-order valence-electron chi connectivity index (χ4n) is 2.60. The summed E-state index contributed by atoms with van der Waals surface area (Å²) in [6.45, 7) is 4.07. The lowest BCUT2D eigenvalue weighted by molar-refractivity contribution is -0.108. The van der Waals surface area contributed by atoms with Gasteiger partial charge < -0.3 is 15.4 Å². The smallest absolute Gasteiger partial charge is 0.149 e. The zero-order chi connectivity index (χ0) is 13.5. The number of nitrogens with zero attached hydrogens (tertiary/aromatic N) is 1. The first-order valence-electron chi connectivity index (χ1n) is 5.86. The van der Waals surface area contributed by atoms with Gasteiger partial charge in [0.15, 0.2) is 0 Å². The second kappa shape index (κ2) is 4.53. The van der Waals surface area contributed by atoms with Gasteiger partial charge in [0.05, 0.1) is 17.4 Å². The van der Waals surface area contributed by atoms with E-state index >= 15 is 0 Å². The van der Waals surface area contributed by atoms with Crippen LogP contribution in [0.25, 0.3) is 0 Å². The third kappa shape index (κ3) is 2.11. The lowest BCUT2D eigenvalue weighted by atomic mass is 10.0. The molecule has 1 unspecified atom stereocenters. The van der Waals surface area contributed by atoms with Crippen LogP contribution in [0, 0.1) is 5.82 Å². The van der Waals surface area contributed by atoms with Crippen LogP contribution in [0.15, 0.2) is 16.6 Å². The number of hydrogen-bond donors (Lipinski definition) is 1. The molecule has 5 heteroatoms. The monoisotopic (exact) mass is 314 g/mol. The second-order valence-electron chi connectivity index (χ2n) is 5.24. The molecule has 98 valence electrons.